The maximum atomic E-state index is 13.4. The zero-order chi connectivity index (χ0) is 13.0. The van der Waals surface area contributed by atoms with Gasteiger partial charge >= 0.3 is 0 Å². The number of benzene rings is 1. The minimum Gasteiger partial charge on any atom is -0.314 e. The van der Waals surface area contributed by atoms with Gasteiger partial charge in [0.25, 0.3) is 0 Å². The molecule has 0 saturated heterocycles. The number of nitrogens with one attached hydrogen (secondary N) is 1. The smallest absolute Gasteiger partial charge is 0.142 e. The molecule has 0 bridgehead atoms. The van der Waals surface area contributed by atoms with Gasteiger partial charge in [-0.15, -0.1) is 0 Å². The van der Waals surface area contributed by atoms with Crippen LogP contribution < -0.4 is 5.32 Å². The van der Waals surface area contributed by atoms with Crippen LogP contribution in [0.3, 0.4) is 0 Å². The summed E-state index contributed by atoms with van der Waals surface area (Å²) in [5.41, 5.74) is 1.03. The van der Waals surface area contributed by atoms with Gasteiger partial charge in [-0.05, 0) is 49.4 Å². The van der Waals surface area contributed by atoms with Gasteiger partial charge in [0.2, 0.25) is 0 Å². The van der Waals surface area contributed by atoms with E-state index in [1.54, 1.807) is 12.1 Å². The predicted octanol–water partition coefficient (Wildman–Crippen LogP) is 4.19. The molecule has 18 heavy (non-hydrogen) atoms. The minimum absolute atomic E-state index is 0.207. The summed E-state index contributed by atoms with van der Waals surface area (Å²) < 4.78 is 13.4. The van der Waals surface area contributed by atoms with Gasteiger partial charge in [0.05, 0.1) is 5.02 Å². The molecule has 0 heterocycles. The second-order valence-corrected chi connectivity index (χ2v) is 5.69. The van der Waals surface area contributed by atoms with E-state index in [1.165, 1.54) is 19.3 Å². The molecule has 1 unspecified atom stereocenters. The van der Waals surface area contributed by atoms with E-state index in [-0.39, 0.29) is 10.8 Å². The van der Waals surface area contributed by atoms with Crippen molar-refractivity contribution in [3.63, 3.8) is 0 Å². The van der Waals surface area contributed by atoms with Crippen LogP contribution in [0.15, 0.2) is 18.2 Å². The summed E-state index contributed by atoms with van der Waals surface area (Å²) in [6, 6.07) is 5.62. The number of hydrogen-bond donors (Lipinski definition) is 1. The van der Waals surface area contributed by atoms with Crippen LogP contribution in [0.2, 0.25) is 5.02 Å². The highest BCUT2D eigenvalue weighted by molar-refractivity contribution is 6.30. The second kappa shape index (κ2) is 6.53. The van der Waals surface area contributed by atoms with E-state index in [0.29, 0.717) is 6.04 Å². The minimum atomic E-state index is -0.310. The van der Waals surface area contributed by atoms with Gasteiger partial charge in [-0.25, -0.2) is 4.39 Å². The van der Waals surface area contributed by atoms with Gasteiger partial charge in [0, 0.05) is 6.04 Å². The van der Waals surface area contributed by atoms with Crippen molar-refractivity contribution in [2.24, 2.45) is 5.92 Å². The Kier molecular flexibility index (Phi) is 5.02. The van der Waals surface area contributed by atoms with Crippen LogP contribution in [-0.2, 0) is 6.42 Å². The average Bonchev–Trinajstić information content (AvgIpc) is 3.15. The van der Waals surface area contributed by atoms with Gasteiger partial charge in [-0.3, -0.25) is 0 Å². The third kappa shape index (κ3) is 4.25. The van der Waals surface area contributed by atoms with Crippen molar-refractivity contribution in [1.82, 2.24) is 5.32 Å². The zero-order valence-corrected chi connectivity index (χ0v) is 11.6. The molecule has 1 aliphatic carbocycles. The van der Waals surface area contributed by atoms with Crippen LogP contribution >= 0.6 is 11.6 Å². The van der Waals surface area contributed by atoms with E-state index in [2.05, 4.69) is 12.2 Å². The second-order valence-electron chi connectivity index (χ2n) is 5.28. The highest BCUT2D eigenvalue weighted by atomic mass is 35.5. The normalized spacial score (nSPS) is 16.8. The van der Waals surface area contributed by atoms with Crippen LogP contribution in [0.25, 0.3) is 0 Å². The van der Waals surface area contributed by atoms with Gasteiger partial charge in [0.1, 0.15) is 5.82 Å². The Morgan fingerprint density at radius 2 is 2.22 bits per heavy atom. The first-order valence-electron chi connectivity index (χ1n) is 6.86. The van der Waals surface area contributed by atoms with E-state index in [9.17, 15) is 4.39 Å². The molecule has 1 nitrogen and oxygen atoms in total. The fourth-order valence-corrected chi connectivity index (χ4v) is 2.41. The lowest BCUT2D eigenvalue weighted by molar-refractivity contribution is 0.454. The van der Waals surface area contributed by atoms with Crippen LogP contribution in [-0.4, -0.2) is 12.6 Å². The lowest BCUT2D eigenvalue weighted by Gasteiger charge is -2.18. The molecule has 1 aromatic carbocycles. The van der Waals surface area contributed by atoms with Crippen molar-refractivity contribution in [3.8, 4) is 0 Å². The third-order valence-electron chi connectivity index (χ3n) is 3.46. The number of rotatable bonds is 7. The average molecular weight is 270 g/mol. The van der Waals surface area contributed by atoms with Gasteiger partial charge in [-0.1, -0.05) is 37.4 Å². The fourth-order valence-electron chi connectivity index (χ4n) is 2.29. The topological polar surface area (TPSA) is 12.0 Å². The molecule has 100 valence electrons. The monoisotopic (exact) mass is 269 g/mol. The van der Waals surface area contributed by atoms with Crippen molar-refractivity contribution in [3.05, 3.63) is 34.6 Å². The number of hydrogen-bond acceptors (Lipinski definition) is 1. The van der Waals surface area contributed by atoms with Gasteiger partial charge < -0.3 is 5.32 Å². The highest BCUT2D eigenvalue weighted by Crippen LogP contribution is 2.34. The van der Waals surface area contributed by atoms with E-state index < -0.39 is 0 Å². The van der Waals surface area contributed by atoms with E-state index in [0.717, 1.165) is 30.9 Å². The first-order chi connectivity index (χ1) is 8.69. The fraction of sp³-hybridized carbons (Fsp3) is 0.600. The molecule has 0 aliphatic heterocycles. The largest absolute Gasteiger partial charge is 0.314 e. The third-order valence-corrected chi connectivity index (χ3v) is 3.77. The van der Waals surface area contributed by atoms with Crippen molar-refractivity contribution >= 4 is 11.6 Å². The summed E-state index contributed by atoms with van der Waals surface area (Å²) in [6.07, 6.45) is 5.96. The molecule has 1 N–H and O–H groups in total. The summed E-state index contributed by atoms with van der Waals surface area (Å²) in [7, 11) is 0. The van der Waals surface area contributed by atoms with Crippen LogP contribution in [0.1, 0.15) is 38.2 Å². The maximum absolute atomic E-state index is 13.4. The molecule has 1 fully saturated rings. The molecule has 3 heteroatoms. The Hall–Kier alpha value is -0.600. The molecular weight excluding hydrogens is 249 g/mol. The Labute approximate surface area is 114 Å². The first kappa shape index (κ1) is 13.8. The summed E-state index contributed by atoms with van der Waals surface area (Å²) in [6.45, 7) is 3.20. The summed E-state index contributed by atoms with van der Waals surface area (Å²) in [5, 5.41) is 3.78. The lowest BCUT2D eigenvalue weighted by atomic mass is 10.0. The van der Waals surface area contributed by atoms with Crippen molar-refractivity contribution in [1.29, 1.82) is 0 Å². The SMILES string of the molecule is CCCNC(Cc1ccc(Cl)c(F)c1)CC1CC1. The zero-order valence-electron chi connectivity index (χ0n) is 10.9. The Bertz CT molecular complexity index is 390. The molecule has 0 spiro atoms. The molecule has 1 atom stereocenters. The maximum Gasteiger partial charge on any atom is 0.142 e. The quantitative estimate of drug-likeness (QED) is 0.783. The summed E-state index contributed by atoms with van der Waals surface area (Å²) >= 11 is 5.70. The van der Waals surface area contributed by atoms with E-state index >= 15 is 0 Å². The van der Waals surface area contributed by atoms with E-state index in [1.807, 2.05) is 6.07 Å². The van der Waals surface area contributed by atoms with Gasteiger partial charge in [0.15, 0.2) is 0 Å². The van der Waals surface area contributed by atoms with Crippen molar-refractivity contribution in [2.45, 2.75) is 45.1 Å². The Morgan fingerprint density at radius 3 is 2.83 bits per heavy atom. The lowest BCUT2D eigenvalue weighted by Crippen LogP contribution is -2.32. The molecule has 0 amide bonds. The molecule has 1 aliphatic rings. The molecule has 2 rings (SSSR count). The summed E-state index contributed by atoms with van der Waals surface area (Å²) in [4.78, 5) is 0. The molecular formula is C15H21ClFN. The number of halogens is 2. The Morgan fingerprint density at radius 1 is 1.44 bits per heavy atom. The van der Waals surface area contributed by atoms with Crippen LogP contribution in [0.4, 0.5) is 4.39 Å². The van der Waals surface area contributed by atoms with Crippen molar-refractivity contribution < 1.29 is 4.39 Å². The summed E-state index contributed by atoms with van der Waals surface area (Å²) in [5.74, 6) is 0.575. The predicted molar refractivity (Wildman–Crippen MR) is 74.5 cm³/mol. The van der Waals surface area contributed by atoms with Gasteiger partial charge in [-0.2, -0.15) is 0 Å². The van der Waals surface area contributed by atoms with Crippen molar-refractivity contribution in [2.75, 3.05) is 6.54 Å². The molecule has 1 saturated carbocycles. The first-order valence-corrected chi connectivity index (χ1v) is 7.24. The van der Waals surface area contributed by atoms with Crippen LogP contribution in [0, 0.1) is 11.7 Å². The molecule has 1 aromatic rings. The Balaban J connectivity index is 1.94. The van der Waals surface area contributed by atoms with E-state index in [4.69, 9.17) is 11.6 Å². The van der Waals surface area contributed by atoms with Crippen LogP contribution in [0.5, 0.6) is 0 Å². The standard InChI is InChI=1S/C15H21ClFN/c1-2-7-18-13(8-11-3-4-11)9-12-5-6-14(16)15(17)10-12/h5-6,10-11,13,18H,2-4,7-9H2,1H3. The molecule has 0 aromatic heterocycles. The highest BCUT2D eigenvalue weighted by Gasteiger charge is 2.25. The molecule has 0 radical (unpaired) electrons.